The van der Waals surface area contributed by atoms with Crippen LogP contribution < -0.4 is 16.8 Å². The Labute approximate surface area is 98.9 Å². The molecule has 8 nitrogen and oxygen atoms in total. The van der Waals surface area contributed by atoms with E-state index in [1.807, 2.05) is 0 Å². The van der Waals surface area contributed by atoms with E-state index in [9.17, 15) is 14.4 Å². The fourth-order valence-corrected chi connectivity index (χ4v) is 1.62. The van der Waals surface area contributed by atoms with E-state index in [0.717, 1.165) is 4.90 Å². The monoisotopic (exact) mass is 243 g/mol. The van der Waals surface area contributed by atoms with Crippen molar-refractivity contribution in [2.75, 3.05) is 39.3 Å². The molecule has 0 saturated carbocycles. The first-order valence-corrected chi connectivity index (χ1v) is 5.32. The molecule has 0 aromatic heterocycles. The van der Waals surface area contributed by atoms with Crippen LogP contribution in [0, 0.1) is 0 Å². The second-order valence-corrected chi connectivity index (χ2v) is 3.81. The van der Waals surface area contributed by atoms with Gasteiger partial charge in [-0.3, -0.25) is 9.59 Å². The van der Waals surface area contributed by atoms with Gasteiger partial charge >= 0.3 is 6.03 Å². The lowest BCUT2D eigenvalue weighted by Crippen LogP contribution is -2.54. The molecule has 4 amide bonds. The van der Waals surface area contributed by atoms with Crippen LogP contribution in [0.4, 0.5) is 4.79 Å². The summed E-state index contributed by atoms with van der Waals surface area (Å²) in [5.41, 5.74) is 10.0. The Kier molecular flexibility index (Phi) is 4.70. The van der Waals surface area contributed by atoms with E-state index in [-0.39, 0.29) is 19.1 Å². The number of primary amides is 2. The number of amides is 4. The van der Waals surface area contributed by atoms with Crippen LogP contribution in [0.15, 0.2) is 0 Å². The molecule has 8 heteroatoms. The van der Waals surface area contributed by atoms with Gasteiger partial charge in [0.05, 0.1) is 0 Å². The van der Waals surface area contributed by atoms with Crippen molar-refractivity contribution in [2.45, 2.75) is 0 Å². The minimum absolute atomic E-state index is 0.300. The van der Waals surface area contributed by atoms with E-state index in [1.165, 1.54) is 0 Å². The Bertz CT molecular complexity index is 298. The van der Waals surface area contributed by atoms with Gasteiger partial charge in [0, 0.05) is 26.2 Å². The minimum atomic E-state index is -0.672. The van der Waals surface area contributed by atoms with Gasteiger partial charge in [0.1, 0.15) is 13.1 Å². The van der Waals surface area contributed by atoms with E-state index in [0.29, 0.717) is 26.2 Å². The van der Waals surface area contributed by atoms with Crippen molar-refractivity contribution in [2.24, 2.45) is 11.5 Å². The van der Waals surface area contributed by atoms with Gasteiger partial charge < -0.3 is 26.6 Å². The molecule has 0 aliphatic carbocycles. The lowest BCUT2D eigenvalue weighted by atomic mass is 10.3. The Morgan fingerprint density at radius 1 is 1.06 bits per heavy atom. The fourth-order valence-electron chi connectivity index (χ4n) is 1.62. The number of carbonyl (C=O) groups excluding carboxylic acids is 3. The Morgan fingerprint density at radius 2 is 1.53 bits per heavy atom. The Hall–Kier alpha value is -1.83. The molecule has 0 atom stereocenters. The van der Waals surface area contributed by atoms with Crippen molar-refractivity contribution in [1.82, 2.24) is 15.1 Å². The summed E-state index contributed by atoms with van der Waals surface area (Å²) in [6, 6.07) is -0.385. The number of urea groups is 1. The van der Waals surface area contributed by atoms with Gasteiger partial charge in [-0.25, -0.2) is 4.79 Å². The predicted octanol–water partition coefficient (Wildman–Crippen LogP) is -2.72. The van der Waals surface area contributed by atoms with Crippen molar-refractivity contribution in [3.8, 4) is 0 Å². The summed E-state index contributed by atoms with van der Waals surface area (Å²) in [6.45, 7) is 1.84. The zero-order valence-electron chi connectivity index (χ0n) is 9.52. The zero-order valence-corrected chi connectivity index (χ0v) is 9.52. The molecule has 17 heavy (non-hydrogen) atoms. The lowest BCUT2D eigenvalue weighted by Gasteiger charge is -2.32. The number of hydrogen-bond donors (Lipinski definition) is 3. The topological polar surface area (TPSA) is 122 Å². The van der Waals surface area contributed by atoms with Gasteiger partial charge in [-0.2, -0.15) is 0 Å². The largest absolute Gasteiger partial charge is 0.368 e. The SMILES string of the molecule is NC(=O)CN(CC(N)=O)C(=O)N1CCNCC1. The van der Waals surface area contributed by atoms with Crippen LogP contribution >= 0.6 is 0 Å². The number of carbonyl (C=O) groups is 3. The van der Waals surface area contributed by atoms with E-state index in [1.54, 1.807) is 4.90 Å². The van der Waals surface area contributed by atoms with Gasteiger partial charge in [-0.1, -0.05) is 0 Å². The summed E-state index contributed by atoms with van der Waals surface area (Å²) >= 11 is 0. The third-order valence-electron chi connectivity index (χ3n) is 2.35. The minimum Gasteiger partial charge on any atom is -0.368 e. The van der Waals surface area contributed by atoms with Gasteiger partial charge in [0.25, 0.3) is 0 Å². The van der Waals surface area contributed by atoms with Crippen molar-refractivity contribution < 1.29 is 14.4 Å². The molecule has 1 aliphatic heterocycles. The molecule has 0 radical (unpaired) electrons. The molecule has 96 valence electrons. The summed E-state index contributed by atoms with van der Waals surface area (Å²) in [5.74, 6) is -1.34. The number of piperazine rings is 1. The molecule has 1 aliphatic rings. The molecular formula is C9H17N5O3. The van der Waals surface area contributed by atoms with E-state index < -0.39 is 11.8 Å². The average molecular weight is 243 g/mol. The van der Waals surface area contributed by atoms with Crippen LogP contribution in [0.3, 0.4) is 0 Å². The molecule has 0 aromatic carbocycles. The molecule has 0 bridgehead atoms. The molecule has 1 fully saturated rings. The third-order valence-corrected chi connectivity index (χ3v) is 2.35. The maximum absolute atomic E-state index is 12.0. The van der Waals surface area contributed by atoms with Crippen LogP contribution in [-0.2, 0) is 9.59 Å². The summed E-state index contributed by atoms with van der Waals surface area (Å²) in [5, 5.41) is 3.09. The Morgan fingerprint density at radius 3 is 1.94 bits per heavy atom. The van der Waals surface area contributed by atoms with Crippen LogP contribution in [0.1, 0.15) is 0 Å². The van der Waals surface area contributed by atoms with Crippen LogP contribution in [-0.4, -0.2) is 66.9 Å². The van der Waals surface area contributed by atoms with Crippen LogP contribution in [0.2, 0.25) is 0 Å². The standard InChI is InChI=1S/C9H17N5O3/c10-7(15)5-14(6-8(11)16)9(17)13-3-1-12-2-4-13/h12H,1-6H2,(H2,10,15)(H2,11,16). The van der Waals surface area contributed by atoms with Gasteiger partial charge in [-0.05, 0) is 0 Å². The van der Waals surface area contributed by atoms with Crippen LogP contribution in [0.25, 0.3) is 0 Å². The molecule has 1 saturated heterocycles. The highest BCUT2D eigenvalue weighted by Gasteiger charge is 2.24. The number of hydrogen-bond acceptors (Lipinski definition) is 4. The zero-order chi connectivity index (χ0) is 12.8. The third kappa shape index (κ3) is 4.27. The lowest BCUT2D eigenvalue weighted by molar-refractivity contribution is -0.121. The van der Waals surface area contributed by atoms with Crippen molar-refractivity contribution in [1.29, 1.82) is 0 Å². The molecule has 1 heterocycles. The maximum atomic E-state index is 12.0. The first kappa shape index (κ1) is 13.2. The van der Waals surface area contributed by atoms with Gasteiger partial charge in [-0.15, -0.1) is 0 Å². The smallest absolute Gasteiger partial charge is 0.321 e. The van der Waals surface area contributed by atoms with Gasteiger partial charge in [0.2, 0.25) is 11.8 Å². The average Bonchev–Trinajstić information content (AvgIpc) is 2.27. The van der Waals surface area contributed by atoms with Crippen LogP contribution in [0.5, 0.6) is 0 Å². The van der Waals surface area contributed by atoms with E-state index >= 15 is 0 Å². The number of nitrogens with zero attached hydrogens (tertiary/aromatic N) is 2. The predicted molar refractivity (Wildman–Crippen MR) is 59.8 cm³/mol. The first-order valence-electron chi connectivity index (χ1n) is 5.32. The first-order chi connectivity index (χ1) is 8.00. The molecule has 5 N–H and O–H groups in total. The summed E-state index contributed by atoms with van der Waals surface area (Å²) in [7, 11) is 0. The second-order valence-electron chi connectivity index (χ2n) is 3.81. The molecule has 0 unspecified atom stereocenters. The summed E-state index contributed by atoms with van der Waals surface area (Å²) < 4.78 is 0. The van der Waals surface area contributed by atoms with E-state index in [4.69, 9.17) is 11.5 Å². The highest BCUT2D eigenvalue weighted by atomic mass is 16.2. The number of rotatable bonds is 4. The molecular weight excluding hydrogens is 226 g/mol. The maximum Gasteiger partial charge on any atom is 0.321 e. The molecule has 0 spiro atoms. The number of nitrogens with two attached hydrogens (primary N) is 2. The highest BCUT2D eigenvalue weighted by molar-refractivity contribution is 5.87. The normalized spacial score (nSPS) is 15.4. The summed E-state index contributed by atoms with van der Waals surface area (Å²) in [6.07, 6.45) is 0. The summed E-state index contributed by atoms with van der Waals surface area (Å²) in [4.78, 5) is 36.2. The Balaban J connectivity index is 2.63. The van der Waals surface area contributed by atoms with Gasteiger partial charge in [0.15, 0.2) is 0 Å². The quantitative estimate of drug-likeness (QED) is 0.496. The van der Waals surface area contributed by atoms with Crippen molar-refractivity contribution >= 4 is 17.8 Å². The number of nitrogens with one attached hydrogen (secondary N) is 1. The second kappa shape index (κ2) is 6.04. The molecule has 1 rings (SSSR count). The highest BCUT2D eigenvalue weighted by Crippen LogP contribution is 2.00. The van der Waals surface area contributed by atoms with Crippen molar-refractivity contribution in [3.05, 3.63) is 0 Å². The van der Waals surface area contributed by atoms with Crippen molar-refractivity contribution in [3.63, 3.8) is 0 Å². The molecule has 0 aromatic rings. The van der Waals surface area contributed by atoms with E-state index in [2.05, 4.69) is 5.32 Å². The fraction of sp³-hybridized carbons (Fsp3) is 0.667.